The summed E-state index contributed by atoms with van der Waals surface area (Å²) in [6.07, 6.45) is 1.71. The first-order chi connectivity index (χ1) is 11.1. The predicted octanol–water partition coefficient (Wildman–Crippen LogP) is 3.94. The maximum absolute atomic E-state index is 11.6. The second-order valence-corrected chi connectivity index (χ2v) is 5.69. The molecule has 2 rings (SSSR count). The molecule has 23 heavy (non-hydrogen) atoms. The summed E-state index contributed by atoms with van der Waals surface area (Å²) in [7, 11) is 4.03. The minimum absolute atomic E-state index is 0.287. The van der Waals surface area contributed by atoms with E-state index < -0.39 is 6.10 Å². The minimum Gasteiger partial charge on any atom is -0.453 e. The maximum atomic E-state index is 11.6. The highest BCUT2D eigenvalue weighted by atomic mass is 16.5. The molecule has 120 valence electrons. The molecule has 0 amide bonds. The first-order valence-corrected chi connectivity index (χ1v) is 7.70. The lowest BCUT2D eigenvalue weighted by molar-refractivity contribution is -0.144. The van der Waals surface area contributed by atoms with Crippen molar-refractivity contribution in [1.82, 2.24) is 4.90 Å². The van der Waals surface area contributed by atoms with E-state index in [0.717, 1.165) is 23.2 Å². The summed E-state index contributed by atoms with van der Waals surface area (Å²) in [6.45, 7) is 2.22. The van der Waals surface area contributed by atoms with Crippen molar-refractivity contribution in [2.24, 2.45) is 0 Å². The van der Waals surface area contributed by atoms with Gasteiger partial charge in [-0.25, -0.2) is 0 Å². The SMILES string of the molecule is CC(=O)OC(C(=CCN(C)C)c1ccccc1)c1ccccc1. The molecule has 2 aromatic carbocycles. The molecule has 2 aromatic rings. The molecule has 0 saturated carbocycles. The van der Waals surface area contributed by atoms with Crippen LogP contribution in [0, 0.1) is 0 Å². The molecule has 1 atom stereocenters. The van der Waals surface area contributed by atoms with Crippen LogP contribution in [-0.4, -0.2) is 31.5 Å². The average molecular weight is 309 g/mol. The van der Waals surface area contributed by atoms with Crippen molar-refractivity contribution in [2.45, 2.75) is 13.0 Å². The van der Waals surface area contributed by atoms with Crippen molar-refractivity contribution in [2.75, 3.05) is 20.6 Å². The molecule has 1 unspecified atom stereocenters. The molecule has 0 aliphatic carbocycles. The van der Waals surface area contributed by atoms with Crippen LogP contribution in [0.4, 0.5) is 0 Å². The zero-order valence-corrected chi connectivity index (χ0v) is 13.9. The summed E-state index contributed by atoms with van der Waals surface area (Å²) in [4.78, 5) is 13.7. The van der Waals surface area contributed by atoms with Crippen molar-refractivity contribution in [1.29, 1.82) is 0 Å². The van der Waals surface area contributed by atoms with Crippen LogP contribution in [0.25, 0.3) is 5.57 Å². The number of hydrogen-bond acceptors (Lipinski definition) is 3. The summed E-state index contributed by atoms with van der Waals surface area (Å²) in [5.74, 6) is -0.287. The van der Waals surface area contributed by atoms with Gasteiger partial charge in [0.2, 0.25) is 0 Å². The number of rotatable bonds is 6. The summed E-state index contributed by atoms with van der Waals surface area (Å²) < 4.78 is 5.66. The molecule has 0 fully saturated rings. The summed E-state index contributed by atoms with van der Waals surface area (Å²) in [5, 5.41) is 0. The first kappa shape index (κ1) is 17.0. The standard InChI is InChI=1S/C20H23NO2/c1-16(22)23-20(18-12-8-5-9-13-18)19(14-15-21(2)3)17-10-6-4-7-11-17/h4-14,20H,15H2,1-3H3. The number of nitrogens with zero attached hydrogens (tertiary/aromatic N) is 1. The maximum Gasteiger partial charge on any atom is 0.303 e. The van der Waals surface area contributed by atoms with Crippen LogP contribution in [0.3, 0.4) is 0 Å². The minimum atomic E-state index is -0.406. The van der Waals surface area contributed by atoms with E-state index in [9.17, 15) is 4.79 Å². The van der Waals surface area contributed by atoms with Gasteiger partial charge in [-0.3, -0.25) is 4.79 Å². The highest BCUT2D eigenvalue weighted by Gasteiger charge is 2.21. The van der Waals surface area contributed by atoms with Crippen molar-refractivity contribution in [3.8, 4) is 0 Å². The number of esters is 1. The zero-order chi connectivity index (χ0) is 16.7. The topological polar surface area (TPSA) is 29.5 Å². The number of benzene rings is 2. The number of hydrogen-bond donors (Lipinski definition) is 0. The lowest BCUT2D eigenvalue weighted by Gasteiger charge is -2.22. The van der Waals surface area contributed by atoms with E-state index >= 15 is 0 Å². The Balaban J connectivity index is 2.47. The third-order valence-electron chi connectivity index (χ3n) is 3.45. The fourth-order valence-corrected chi connectivity index (χ4v) is 2.39. The van der Waals surface area contributed by atoms with Crippen LogP contribution in [0.1, 0.15) is 24.2 Å². The van der Waals surface area contributed by atoms with Crippen molar-refractivity contribution in [3.05, 3.63) is 77.9 Å². The van der Waals surface area contributed by atoms with Gasteiger partial charge in [-0.15, -0.1) is 0 Å². The molecule has 0 aromatic heterocycles. The molecule has 0 spiro atoms. The zero-order valence-electron chi connectivity index (χ0n) is 13.9. The third kappa shape index (κ3) is 5.08. The van der Waals surface area contributed by atoms with Gasteiger partial charge in [0.1, 0.15) is 0 Å². The van der Waals surface area contributed by atoms with E-state index in [0.29, 0.717) is 0 Å². The monoisotopic (exact) mass is 309 g/mol. The second kappa shape index (κ2) is 8.30. The van der Waals surface area contributed by atoms with E-state index in [-0.39, 0.29) is 5.97 Å². The Hall–Kier alpha value is -2.39. The van der Waals surface area contributed by atoms with Crippen LogP contribution in [0.2, 0.25) is 0 Å². The number of carbonyl (C=O) groups excluding carboxylic acids is 1. The molecule has 0 aliphatic rings. The fourth-order valence-electron chi connectivity index (χ4n) is 2.39. The molecule has 0 heterocycles. The molecule has 3 heteroatoms. The summed E-state index contributed by atoms with van der Waals surface area (Å²) in [5.41, 5.74) is 3.03. The molecule has 0 radical (unpaired) electrons. The Labute approximate surface area is 138 Å². The molecular formula is C20H23NO2. The van der Waals surface area contributed by atoms with Gasteiger partial charge in [-0.05, 0) is 25.2 Å². The fraction of sp³-hybridized carbons (Fsp3) is 0.250. The van der Waals surface area contributed by atoms with Gasteiger partial charge in [0, 0.05) is 19.0 Å². The predicted molar refractivity (Wildman–Crippen MR) is 93.9 cm³/mol. The van der Waals surface area contributed by atoms with E-state index in [1.165, 1.54) is 6.92 Å². The Morgan fingerprint density at radius 2 is 1.61 bits per heavy atom. The van der Waals surface area contributed by atoms with Gasteiger partial charge in [0.05, 0.1) is 0 Å². The van der Waals surface area contributed by atoms with Gasteiger partial charge in [-0.2, -0.15) is 0 Å². The van der Waals surface area contributed by atoms with Crippen LogP contribution < -0.4 is 0 Å². The Morgan fingerprint density at radius 1 is 1.04 bits per heavy atom. The van der Waals surface area contributed by atoms with Crippen LogP contribution in [0.5, 0.6) is 0 Å². The van der Waals surface area contributed by atoms with Gasteiger partial charge in [0.25, 0.3) is 0 Å². The van der Waals surface area contributed by atoms with Gasteiger partial charge >= 0.3 is 5.97 Å². The summed E-state index contributed by atoms with van der Waals surface area (Å²) >= 11 is 0. The number of likely N-dealkylation sites (N-methyl/N-ethyl adjacent to an activating group) is 1. The molecule has 0 N–H and O–H groups in total. The normalized spacial score (nSPS) is 13.0. The summed E-state index contributed by atoms with van der Waals surface area (Å²) in [6, 6.07) is 19.9. The van der Waals surface area contributed by atoms with Gasteiger partial charge in [-0.1, -0.05) is 66.7 Å². The largest absolute Gasteiger partial charge is 0.453 e. The molecule has 0 saturated heterocycles. The Kier molecular flexibility index (Phi) is 6.12. The van der Waals surface area contributed by atoms with Crippen molar-refractivity contribution >= 4 is 11.5 Å². The van der Waals surface area contributed by atoms with Crippen LogP contribution >= 0.6 is 0 Å². The van der Waals surface area contributed by atoms with Crippen LogP contribution in [0.15, 0.2) is 66.7 Å². The quantitative estimate of drug-likeness (QED) is 0.757. The highest BCUT2D eigenvalue weighted by Crippen LogP contribution is 2.33. The van der Waals surface area contributed by atoms with Gasteiger partial charge < -0.3 is 9.64 Å². The Bertz CT molecular complexity index is 648. The molecule has 0 bridgehead atoms. The molecule has 3 nitrogen and oxygen atoms in total. The van der Waals surface area contributed by atoms with Crippen molar-refractivity contribution < 1.29 is 9.53 Å². The van der Waals surface area contributed by atoms with E-state index in [4.69, 9.17) is 4.74 Å². The third-order valence-corrected chi connectivity index (χ3v) is 3.45. The lowest BCUT2D eigenvalue weighted by Crippen LogP contribution is -2.15. The Morgan fingerprint density at radius 3 is 2.13 bits per heavy atom. The number of ether oxygens (including phenoxy) is 1. The average Bonchev–Trinajstić information content (AvgIpc) is 2.55. The smallest absolute Gasteiger partial charge is 0.303 e. The molecular weight excluding hydrogens is 286 g/mol. The van der Waals surface area contributed by atoms with E-state index in [2.05, 4.69) is 11.0 Å². The molecule has 0 aliphatic heterocycles. The highest BCUT2D eigenvalue weighted by molar-refractivity contribution is 5.74. The first-order valence-electron chi connectivity index (χ1n) is 7.70. The van der Waals surface area contributed by atoms with Crippen molar-refractivity contribution in [3.63, 3.8) is 0 Å². The van der Waals surface area contributed by atoms with E-state index in [1.54, 1.807) is 0 Å². The van der Waals surface area contributed by atoms with Gasteiger partial charge in [0.15, 0.2) is 6.10 Å². The number of carbonyl (C=O) groups is 1. The van der Waals surface area contributed by atoms with Crippen LogP contribution in [-0.2, 0) is 9.53 Å². The second-order valence-electron chi connectivity index (χ2n) is 5.69. The lowest BCUT2D eigenvalue weighted by atomic mass is 9.94. The van der Waals surface area contributed by atoms with E-state index in [1.807, 2.05) is 74.8 Å².